The van der Waals surface area contributed by atoms with E-state index in [1.807, 2.05) is 50.5 Å². The maximum absolute atomic E-state index is 10.8. The molecule has 1 aromatic carbocycles. The molecule has 1 aliphatic heterocycles. The smallest absolute Gasteiger partial charge is 0.130 e. The fraction of sp³-hybridized carbons (Fsp3) is 0.400. The van der Waals surface area contributed by atoms with Crippen molar-refractivity contribution < 1.29 is 5.11 Å². The van der Waals surface area contributed by atoms with Crippen LogP contribution in [0.25, 0.3) is 33.2 Å². The highest BCUT2D eigenvalue weighted by Crippen LogP contribution is 2.36. The summed E-state index contributed by atoms with van der Waals surface area (Å²) >= 11 is 0. The topological polar surface area (TPSA) is 79.1 Å². The Morgan fingerprint density at radius 3 is 2.58 bits per heavy atom. The highest BCUT2D eigenvalue weighted by Gasteiger charge is 2.26. The van der Waals surface area contributed by atoms with Crippen molar-refractivity contribution in [1.29, 1.82) is 0 Å². The number of benzene rings is 1. The Kier molecular flexibility index (Phi) is 5.97. The summed E-state index contributed by atoms with van der Waals surface area (Å²) in [7, 11) is 1.88. The molecule has 0 spiro atoms. The van der Waals surface area contributed by atoms with Crippen LogP contribution in [0.4, 0.5) is 5.82 Å². The number of hydrogen-bond donors (Lipinski definition) is 2. The molecule has 0 amide bonds. The van der Waals surface area contributed by atoms with Gasteiger partial charge in [-0.1, -0.05) is 0 Å². The minimum absolute atomic E-state index is 0. The van der Waals surface area contributed by atoms with Crippen LogP contribution in [-0.2, 0) is 7.05 Å². The second-order valence-electron chi connectivity index (χ2n) is 9.87. The minimum Gasteiger partial charge on any atom is -0.507 e. The van der Waals surface area contributed by atoms with E-state index in [0.29, 0.717) is 11.6 Å². The highest BCUT2D eigenvalue weighted by molar-refractivity contribution is 5.91. The van der Waals surface area contributed by atoms with Crippen LogP contribution in [-0.4, -0.2) is 49.5 Å². The molecule has 3 aromatic heterocycles. The van der Waals surface area contributed by atoms with Crippen molar-refractivity contribution in [2.24, 2.45) is 7.05 Å². The molecular weight excluding hydrogens is 436 g/mol. The van der Waals surface area contributed by atoms with E-state index < -0.39 is 0 Å². The van der Waals surface area contributed by atoms with Crippen molar-refractivity contribution in [1.82, 2.24) is 25.1 Å². The van der Waals surface area contributed by atoms with Crippen molar-refractivity contribution >= 4 is 40.2 Å². The van der Waals surface area contributed by atoms with Crippen molar-refractivity contribution in [3.8, 4) is 17.0 Å². The van der Waals surface area contributed by atoms with E-state index in [-0.39, 0.29) is 23.7 Å². The van der Waals surface area contributed by atoms with Gasteiger partial charge in [0.2, 0.25) is 0 Å². The largest absolute Gasteiger partial charge is 0.507 e. The van der Waals surface area contributed by atoms with E-state index >= 15 is 0 Å². The first-order chi connectivity index (χ1) is 15.2. The van der Waals surface area contributed by atoms with Gasteiger partial charge in [-0.15, -0.1) is 12.4 Å². The van der Waals surface area contributed by atoms with E-state index in [4.69, 9.17) is 9.97 Å². The van der Waals surface area contributed by atoms with E-state index in [2.05, 4.69) is 36.1 Å². The first-order valence-corrected chi connectivity index (χ1v) is 11.1. The summed E-state index contributed by atoms with van der Waals surface area (Å²) in [5, 5.41) is 19.9. The van der Waals surface area contributed by atoms with Crippen LogP contribution in [0.1, 0.15) is 32.8 Å². The Labute approximate surface area is 200 Å². The van der Waals surface area contributed by atoms with Gasteiger partial charge < -0.3 is 15.3 Å². The summed E-state index contributed by atoms with van der Waals surface area (Å²) in [6.07, 6.45) is 3.07. The Balaban J connectivity index is 0.00000259. The van der Waals surface area contributed by atoms with Gasteiger partial charge in [-0.25, -0.2) is 9.97 Å². The number of hydrogen-bond acceptors (Lipinski definition) is 6. The summed E-state index contributed by atoms with van der Waals surface area (Å²) in [6, 6.07) is 10.4. The highest BCUT2D eigenvalue weighted by atomic mass is 35.5. The molecule has 1 unspecified atom stereocenters. The van der Waals surface area contributed by atoms with Gasteiger partial charge >= 0.3 is 0 Å². The number of rotatable bonds is 3. The quantitative estimate of drug-likeness (QED) is 0.460. The minimum atomic E-state index is 0. The number of halogens is 1. The van der Waals surface area contributed by atoms with Gasteiger partial charge in [0.25, 0.3) is 0 Å². The van der Waals surface area contributed by atoms with Crippen LogP contribution < -0.4 is 10.2 Å². The second kappa shape index (κ2) is 8.47. The summed E-state index contributed by atoms with van der Waals surface area (Å²) < 4.78 is 1.76. The number of pyridine rings is 2. The summed E-state index contributed by atoms with van der Waals surface area (Å²) in [5.74, 6) is 1.21. The van der Waals surface area contributed by atoms with Crippen molar-refractivity contribution in [2.75, 3.05) is 18.0 Å². The van der Waals surface area contributed by atoms with E-state index in [1.165, 1.54) is 0 Å². The zero-order valence-electron chi connectivity index (χ0n) is 19.8. The molecular formula is C25H31ClN6O. The number of anilines is 1. The normalized spacial score (nSPS) is 16.5. The zero-order valence-corrected chi connectivity index (χ0v) is 20.6. The van der Waals surface area contributed by atoms with Gasteiger partial charge in [0.15, 0.2) is 0 Å². The monoisotopic (exact) mass is 466 g/mol. The predicted octanol–water partition coefficient (Wildman–Crippen LogP) is 4.59. The molecule has 4 aromatic rings. The number of aryl methyl sites for hydroxylation is 2. The summed E-state index contributed by atoms with van der Waals surface area (Å²) in [6.45, 7) is 10.5. The van der Waals surface area contributed by atoms with Gasteiger partial charge in [-0.2, -0.15) is 5.10 Å². The molecule has 0 saturated carbocycles. The fourth-order valence-corrected chi connectivity index (χ4v) is 4.66. The fourth-order valence-electron chi connectivity index (χ4n) is 4.66. The summed E-state index contributed by atoms with van der Waals surface area (Å²) in [4.78, 5) is 12.0. The maximum atomic E-state index is 10.8. The lowest BCUT2D eigenvalue weighted by Crippen LogP contribution is -2.44. The summed E-state index contributed by atoms with van der Waals surface area (Å²) in [5.41, 5.74) is 4.81. The van der Waals surface area contributed by atoms with Gasteiger partial charge in [-0.3, -0.25) is 4.68 Å². The van der Waals surface area contributed by atoms with Gasteiger partial charge in [0, 0.05) is 54.4 Å². The number of nitrogens with one attached hydrogen (secondary N) is 1. The van der Waals surface area contributed by atoms with Gasteiger partial charge in [-0.05, 0) is 64.4 Å². The average molecular weight is 467 g/mol. The second-order valence-corrected chi connectivity index (χ2v) is 9.87. The molecule has 5 rings (SSSR count). The van der Waals surface area contributed by atoms with Crippen LogP contribution >= 0.6 is 12.4 Å². The molecule has 8 heteroatoms. The molecule has 1 aliphatic rings. The maximum Gasteiger partial charge on any atom is 0.130 e. The number of aromatic nitrogens is 4. The lowest BCUT2D eigenvalue weighted by molar-refractivity contribution is 0.373. The Hall–Kier alpha value is -2.90. The van der Waals surface area contributed by atoms with Crippen LogP contribution in [0.5, 0.6) is 5.75 Å². The van der Waals surface area contributed by atoms with Gasteiger partial charge in [0.05, 0.1) is 22.2 Å². The lowest BCUT2D eigenvalue weighted by Gasteiger charge is -2.26. The molecule has 1 fully saturated rings. The number of aromatic hydroxyl groups is 1. The number of fused-ring (bicyclic) bond motifs is 2. The molecule has 2 N–H and O–H groups in total. The first-order valence-electron chi connectivity index (χ1n) is 11.1. The Bertz CT molecular complexity index is 1330. The van der Waals surface area contributed by atoms with Crippen LogP contribution in [0, 0.1) is 6.92 Å². The predicted molar refractivity (Wildman–Crippen MR) is 136 cm³/mol. The van der Waals surface area contributed by atoms with Crippen molar-refractivity contribution in [3.63, 3.8) is 0 Å². The van der Waals surface area contributed by atoms with E-state index in [0.717, 1.165) is 58.5 Å². The average Bonchev–Trinajstić information content (AvgIpc) is 3.34. The molecule has 1 atom stereocenters. The van der Waals surface area contributed by atoms with Crippen LogP contribution in [0.3, 0.4) is 0 Å². The zero-order chi connectivity index (χ0) is 22.6. The van der Waals surface area contributed by atoms with E-state index in [9.17, 15) is 5.11 Å². The van der Waals surface area contributed by atoms with Crippen molar-refractivity contribution in [3.05, 3.63) is 42.1 Å². The van der Waals surface area contributed by atoms with Crippen LogP contribution in [0.2, 0.25) is 0 Å². The third kappa shape index (κ3) is 4.48. The molecule has 7 nitrogen and oxygen atoms in total. The Morgan fingerprint density at radius 1 is 1.09 bits per heavy atom. The SMILES string of the molecule is Cc1c(O)c(-c2ccc3nc(N4CCC(NC(C)(C)C)C4)ccc3n2)cc2cn(C)nc12.Cl. The standard InChI is InChI=1S/C25H30N6O.ClH/c1-15-23-16(13-30(5)29-23)12-18(24(15)32)19-6-7-21-20(26-19)8-9-22(27-21)31-11-10-17(14-31)28-25(2,3)4;/h6-9,12-13,17,28,32H,10-11,14H2,1-5H3;1H. The third-order valence-corrected chi connectivity index (χ3v) is 6.08. The Morgan fingerprint density at radius 2 is 1.82 bits per heavy atom. The molecule has 0 radical (unpaired) electrons. The van der Waals surface area contributed by atoms with Crippen LogP contribution in [0.15, 0.2) is 36.5 Å². The number of phenolic OH excluding ortho intramolecular Hbond substituents is 1. The van der Waals surface area contributed by atoms with Crippen molar-refractivity contribution in [2.45, 2.75) is 45.7 Å². The lowest BCUT2D eigenvalue weighted by atomic mass is 10.0. The molecule has 174 valence electrons. The first kappa shape index (κ1) is 23.3. The molecule has 33 heavy (non-hydrogen) atoms. The molecule has 4 heterocycles. The van der Waals surface area contributed by atoms with Gasteiger partial charge in [0.1, 0.15) is 11.6 Å². The number of nitrogens with zero attached hydrogens (tertiary/aromatic N) is 5. The number of phenols is 1. The van der Waals surface area contributed by atoms with E-state index in [1.54, 1.807) is 4.68 Å². The molecule has 0 aliphatic carbocycles. The third-order valence-electron chi connectivity index (χ3n) is 6.08. The molecule has 0 bridgehead atoms. The molecule has 1 saturated heterocycles.